The van der Waals surface area contributed by atoms with Crippen molar-refractivity contribution in [1.82, 2.24) is 0 Å². The molecule has 0 aromatic heterocycles. The van der Waals surface area contributed by atoms with Crippen LogP contribution in [0.1, 0.15) is 93.9 Å². The Labute approximate surface area is 218 Å². The van der Waals surface area contributed by atoms with Crippen LogP contribution in [-0.4, -0.2) is 35.7 Å². The lowest BCUT2D eigenvalue weighted by molar-refractivity contribution is -0.129. The number of rotatable bonds is 11. The topological polar surface area (TPSA) is 80.7 Å². The number of allylic oxidation sites excluding steroid dienone is 6. The van der Waals surface area contributed by atoms with Crippen molar-refractivity contribution >= 4 is 17.3 Å². The number of hydrogen-bond donors (Lipinski definition) is 1. The third kappa shape index (κ3) is 5.93. The van der Waals surface area contributed by atoms with E-state index in [0.29, 0.717) is 31.4 Å². The summed E-state index contributed by atoms with van der Waals surface area (Å²) in [4.78, 5) is 38.6. The van der Waals surface area contributed by atoms with E-state index in [1.807, 2.05) is 53.7 Å². The molecule has 2 aliphatic carbocycles. The standard InChI is InChI=1S/C31H48O5/c1-10-23(32)18-31(8)27(21(4)24(33)15-13-20(2)3)25(34)19-30(31,7)17-11-12-22-14-16-26(36-9)28(35)29(22,5)6/h12-13,15-16,20-21,25,27,34H,10-11,14,17-19H2,1-9H3/b15-13+,22-12+/t21-,25+,27?,30?,31?/m1/s1. The molecule has 0 spiro atoms. The van der Waals surface area contributed by atoms with E-state index in [1.165, 1.54) is 7.11 Å². The third-order valence-corrected chi connectivity index (χ3v) is 9.19. The fraction of sp³-hybridized carbons (Fsp3) is 0.710. The lowest BCUT2D eigenvalue weighted by Crippen LogP contribution is -2.43. The van der Waals surface area contributed by atoms with Crippen LogP contribution in [0.5, 0.6) is 0 Å². The van der Waals surface area contributed by atoms with Gasteiger partial charge in [0.15, 0.2) is 11.5 Å². The fourth-order valence-electron chi connectivity index (χ4n) is 6.49. The number of carbonyl (C=O) groups excluding carboxylic acids is 3. The van der Waals surface area contributed by atoms with Gasteiger partial charge in [-0.2, -0.15) is 0 Å². The van der Waals surface area contributed by atoms with Crippen LogP contribution < -0.4 is 0 Å². The Kier molecular flexibility index (Phi) is 9.72. The van der Waals surface area contributed by atoms with Crippen molar-refractivity contribution in [1.29, 1.82) is 0 Å². The average molecular weight is 501 g/mol. The monoisotopic (exact) mass is 500 g/mol. The van der Waals surface area contributed by atoms with Crippen LogP contribution in [0.15, 0.2) is 35.6 Å². The number of ketones is 3. The third-order valence-electron chi connectivity index (χ3n) is 9.19. The van der Waals surface area contributed by atoms with Gasteiger partial charge in [-0.25, -0.2) is 0 Å². The first-order valence-electron chi connectivity index (χ1n) is 13.5. The molecule has 2 rings (SSSR count). The minimum atomic E-state index is -0.649. The molecule has 0 aromatic rings. The van der Waals surface area contributed by atoms with Crippen LogP contribution in [0.3, 0.4) is 0 Å². The number of ether oxygens (including phenoxy) is 1. The Bertz CT molecular complexity index is 937. The molecule has 0 aliphatic heterocycles. The summed E-state index contributed by atoms with van der Waals surface area (Å²) in [6, 6.07) is 0. The number of hydrogen-bond acceptors (Lipinski definition) is 5. The highest BCUT2D eigenvalue weighted by atomic mass is 16.5. The minimum absolute atomic E-state index is 0.00904. The van der Waals surface area contributed by atoms with Gasteiger partial charge in [-0.05, 0) is 68.4 Å². The Balaban J connectivity index is 2.36. The van der Waals surface area contributed by atoms with Crippen molar-refractivity contribution in [3.05, 3.63) is 35.6 Å². The highest BCUT2D eigenvalue weighted by Gasteiger charge is 2.60. The molecule has 5 atom stereocenters. The van der Waals surface area contributed by atoms with Gasteiger partial charge in [0.25, 0.3) is 0 Å². The number of aliphatic hydroxyl groups excluding tert-OH is 1. The van der Waals surface area contributed by atoms with Gasteiger partial charge in [0.05, 0.1) is 18.6 Å². The Morgan fingerprint density at radius 3 is 2.39 bits per heavy atom. The molecule has 0 radical (unpaired) electrons. The molecule has 0 amide bonds. The summed E-state index contributed by atoms with van der Waals surface area (Å²) < 4.78 is 5.25. The summed E-state index contributed by atoms with van der Waals surface area (Å²) in [5, 5.41) is 11.3. The molecule has 0 bridgehead atoms. The van der Waals surface area contributed by atoms with E-state index in [4.69, 9.17) is 4.74 Å². The smallest absolute Gasteiger partial charge is 0.206 e. The second-order valence-corrected chi connectivity index (χ2v) is 12.3. The lowest BCUT2D eigenvalue weighted by atomic mass is 9.57. The zero-order valence-corrected chi connectivity index (χ0v) is 23.9. The van der Waals surface area contributed by atoms with Gasteiger partial charge in [-0.3, -0.25) is 14.4 Å². The quantitative estimate of drug-likeness (QED) is 0.262. The number of Topliss-reactive ketones (excluding diaryl/α,β-unsaturated/α-hetero) is 2. The number of carbonyl (C=O) groups is 3. The van der Waals surface area contributed by atoms with E-state index in [2.05, 4.69) is 19.9 Å². The van der Waals surface area contributed by atoms with Gasteiger partial charge in [0.2, 0.25) is 5.78 Å². The molecule has 1 fully saturated rings. The van der Waals surface area contributed by atoms with Crippen LogP contribution in [0.25, 0.3) is 0 Å². The van der Waals surface area contributed by atoms with Crippen molar-refractivity contribution in [2.24, 2.45) is 34.0 Å². The van der Waals surface area contributed by atoms with E-state index in [-0.39, 0.29) is 40.5 Å². The summed E-state index contributed by atoms with van der Waals surface area (Å²) >= 11 is 0. The summed E-state index contributed by atoms with van der Waals surface area (Å²) in [5.41, 5.74) is -0.393. The summed E-state index contributed by atoms with van der Waals surface area (Å²) in [7, 11) is 1.53. The van der Waals surface area contributed by atoms with Gasteiger partial charge in [-0.1, -0.05) is 59.3 Å². The molecule has 5 nitrogen and oxygen atoms in total. The van der Waals surface area contributed by atoms with Crippen LogP contribution in [0, 0.1) is 34.0 Å². The van der Waals surface area contributed by atoms with E-state index < -0.39 is 16.9 Å². The Morgan fingerprint density at radius 2 is 1.83 bits per heavy atom. The van der Waals surface area contributed by atoms with Crippen molar-refractivity contribution in [2.75, 3.05) is 7.11 Å². The molecular formula is C31H48O5. The second-order valence-electron chi connectivity index (χ2n) is 12.3. The predicted octanol–water partition coefficient (Wildman–Crippen LogP) is 6.40. The maximum atomic E-state index is 13.1. The summed E-state index contributed by atoms with van der Waals surface area (Å²) in [6.07, 6.45) is 10.4. The summed E-state index contributed by atoms with van der Waals surface area (Å²) in [5.74, 6) is 0.179. The molecule has 3 unspecified atom stereocenters. The zero-order chi connectivity index (χ0) is 27.5. The van der Waals surface area contributed by atoms with Gasteiger partial charge in [-0.15, -0.1) is 0 Å². The highest BCUT2D eigenvalue weighted by Crippen LogP contribution is 2.62. The molecule has 5 heteroatoms. The lowest BCUT2D eigenvalue weighted by Gasteiger charge is -2.46. The Morgan fingerprint density at radius 1 is 1.19 bits per heavy atom. The fourth-order valence-corrected chi connectivity index (χ4v) is 6.49. The maximum Gasteiger partial charge on any atom is 0.206 e. The highest BCUT2D eigenvalue weighted by molar-refractivity contribution is 6.01. The van der Waals surface area contributed by atoms with Gasteiger partial charge in [0, 0.05) is 24.7 Å². The molecule has 0 saturated heterocycles. The first-order chi connectivity index (χ1) is 16.6. The van der Waals surface area contributed by atoms with Crippen LogP contribution in [0.4, 0.5) is 0 Å². The molecule has 202 valence electrons. The van der Waals surface area contributed by atoms with Crippen molar-refractivity contribution in [3.8, 4) is 0 Å². The Hall–Kier alpha value is -2.01. The zero-order valence-electron chi connectivity index (χ0n) is 23.9. The number of methoxy groups -OCH3 is 1. The van der Waals surface area contributed by atoms with E-state index in [1.54, 1.807) is 6.08 Å². The maximum absolute atomic E-state index is 13.1. The molecule has 2 aliphatic rings. The largest absolute Gasteiger partial charge is 0.493 e. The van der Waals surface area contributed by atoms with Crippen LogP contribution in [-0.2, 0) is 19.1 Å². The normalized spacial score (nSPS) is 32.2. The molecule has 0 heterocycles. The van der Waals surface area contributed by atoms with E-state index in [9.17, 15) is 19.5 Å². The predicted molar refractivity (Wildman–Crippen MR) is 144 cm³/mol. The van der Waals surface area contributed by atoms with Gasteiger partial charge >= 0.3 is 0 Å². The number of aliphatic hydroxyl groups is 1. The van der Waals surface area contributed by atoms with Crippen LogP contribution >= 0.6 is 0 Å². The minimum Gasteiger partial charge on any atom is -0.493 e. The molecule has 0 aromatic carbocycles. The first kappa shape index (κ1) is 30.2. The van der Waals surface area contributed by atoms with E-state index in [0.717, 1.165) is 18.4 Å². The van der Waals surface area contributed by atoms with Crippen molar-refractivity contribution < 1.29 is 24.2 Å². The van der Waals surface area contributed by atoms with Crippen molar-refractivity contribution in [2.45, 2.75) is 100 Å². The summed E-state index contributed by atoms with van der Waals surface area (Å²) in [6.45, 7) is 16.0. The average Bonchev–Trinajstić information content (AvgIpc) is 2.99. The van der Waals surface area contributed by atoms with Gasteiger partial charge in [0.1, 0.15) is 5.78 Å². The van der Waals surface area contributed by atoms with E-state index >= 15 is 0 Å². The molecule has 1 saturated carbocycles. The van der Waals surface area contributed by atoms with Gasteiger partial charge < -0.3 is 9.84 Å². The van der Waals surface area contributed by atoms with Crippen molar-refractivity contribution in [3.63, 3.8) is 0 Å². The first-order valence-corrected chi connectivity index (χ1v) is 13.5. The molecular weight excluding hydrogens is 452 g/mol. The SMILES string of the molecule is CCC(=O)CC1(C)C([C@H](C)C(=O)/C=C/C(C)C)[C@@H](O)CC1(C)CC/C=C1\CC=C(OC)C(=O)C1(C)C. The van der Waals surface area contributed by atoms with Crippen LogP contribution in [0.2, 0.25) is 0 Å². The molecule has 1 N–H and O–H groups in total. The second kappa shape index (κ2) is 11.6. The molecule has 36 heavy (non-hydrogen) atoms.